The number of methoxy groups -OCH3 is 1. The van der Waals surface area contributed by atoms with Gasteiger partial charge in [0.25, 0.3) is 0 Å². The molecule has 0 spiro atoms. The summed E-state index contributed by atoms with van der Waals surface area (Å²) in [5.74, 6) is 0.0904. The highest BCUT2D eigenvalue weighted by molar-refractivity contribution is 7.89. The molecular weight excluding hydrogens is 366 g/mol. The van der Waals surface area contributed by atoms with Crippen LogP contribution in [0.3, 0.4) is 0 Å². The van der Waals surface area contributed by atoms with Crippen LogP contribution in [-0.4, -0.2) is 46.4 Å². The topological polar surface area (TPSA) is 87.7 Å². The van der Waals surface area contributed by atoms with Crippen LogP contribution >= 0.6 is 0 Å². The van der Waals surface area contributed by atoms with Gasteiger partial charge in [-0.15, -0.1) is 0 Å². The Morgan fingerprint density at radius 3 is 2.41 bits per heavy atom. The van der Waals surface area contributed by atoms with Crippen molar-refractivity contribution < 1.29 is 17.9 Å². The normalized spacial score (nSPS) is 12.6. The maximum Gasteiger partial charge on any atom is 0.242 e. The lowest BCUT2D eigenvalue weighted by atomic mass is 10.1. The van der Waals surface area contributed by atoms with Gasteiger partial charge in [0.15, 0.2) is 0 Å². The fourth-order valence-corrected chi connectivity index (χ4v) is 3.38. The van der Waals surface area contributed by atoms with Gasteiger partial charge in [0.05, 0.1) is 24.2 Å². The molecule has 2 rings (SSSR count). The van der Waals surface area contributed by atoms with E-state index >= 15 is 0 Å². The van der Waals surface area contributed by atoms with Crippen LogP contribution in [0.15, 0.2) is 53.4 Å². The van der Waals surface area contributed by atoms with E-state index in [-0.39, 0.29) is 23.4 Å². The van der Waals surface area contributed by atoms with Gasteiger partial charge >= 0.3 is 0 Å². The molecule has 0 fully saturated rings. The third kappa shape index (κ3) is 5.29. The molecule has 1 amide bonds. The summed E-state index contributed by atoms with van der Waals surface area (Å²) in [6.45, 7) is 2.04. The fraction of sp³-hybridized carbons (Fsp3) is 0.316. The standard InChI is InChI=1S/C19H25N3O4S/c1-14(15-8-6-5-7-9-15)20-13-19(23)21-17-12-16(10-11-18(17)26-4)27(24,25)22(2)3/h5-12,14,20H,13H2,1-4H3,(H,21,23)/t14-/m0/s1. The molecule has 2 N–H and O–H groups in total. The summed E-state index contributed by atoms with van der Waals surface area (Å²) >= 11 is 0. The van der Waals surface area contributed by atoms with Gasteiger partial charge in [-0.2, -0.15) is 0 Å². The van der Waals surface area contributed by atoms with Crippen molar-refractivity contribution in [3.8, 4) is 5.75 Å². The molecule has 0 unspecified atom stereocenters. The molecular formula is C19H25N3O4S. The van der Waals surface area contributed by atoms with E-state index in [9.17, 15) is 13.2 Å². The Kier molecular flexibility index (Phi) is 6.95. The molecule has 1 atom stereocenters. The minimum atomic E-state index is -3.61. The van der Waals surface area contributed by atoms with E-state index < -0.39 is 10.0 Å². The molecule has 0 radical (unpaired) electrons. The van der Waals surface area contributed by atoms with Crippen molar-refractivity contribution in [2.24, 2.45) is 0 Å². The highest BCUT2D eigenvalue weighted by Crippen LogP contribution is 2.28. The molecule has 146 valence electrons. The monoisotopic (exact) mass is 391 g/mol. The molecule has 0 heterocycles. The highest BCUT2D eigenvalue weighted by Gasteiger charge is 2.20. The first kappa shape index (κ1) is 20.9. The lowest BCUT2D eigenvalue weighted by molar-refractivity contribution is -0.115. The Morgan fingerprint density at radius 2 is 1.81 bits per heavy atom. The van der Waals surface area contributed by atoms with E-state index in [4.69, 9.17) is 4.74 Å². The molecule has 2 aromatic carbocycles. The highest BCUT2D eigenvalue weighted by atomic mass is 32.2. The van der Waals surface area contributed by atoms with Crippen LogP contribution in [0, 0.1) is 0 Å². The molecule has 0 bridgehead atoms. The van der Waals surface area contributed by atoms with Crippen LogP contribution in [-0.2, 0) is 14.8 Å². The van der Waals surface area contributed by atoms with Crippen LogP contribution < -0.4 is 15.4 Å². The van der Waals surface area contributed by atoms with Gasteiger partial charge in [-0.3, -0.25) is 4.79 Å². The average molecular weight is 391 g/mol. The number of anilines is 1. The van der Waals surface area contributed by atoms with E-state index in [1.54, 1.807) is 0 Å². The lowest BCUT2D eigenvalue weighted by Gasteiger charge is -2.16. The molecule has 27 heavy (non-hydrogen) atoms. The van der Waals surface area contributed by atoms with Gasteiger partial charge in [0.1, 0.15) is 5.75 Å². The summed E-state index contributed by atoms with van der Waals surface area (Å²) in [4.78, 5) is 12.4. The molecule has 2 aromatic rings. The number of nitrogens with zero attached hydrogens (tertiary/aromatic N) is 1. The third-order valence-corrected chi connectivity index (χ3v) is 5.90. The van der Waals surface area contributed by atoms with Gasteiger partial charge in [0.2, 0.25) is 15.9 Å². The second kappa shape index (κ2) is 8.98. The van der Waals surface area contributed by atoms with E-state index in [2.05, 4.69) is 10.6 Å². The maximum absolute atomic E-state index is 12.3. The summed E-state index contributed by atoms with van der Waals surface area (Å²) < 4.78 is 30.9. The Morgan fingerprint density at radius 1 is 1.15 bits per heavy atom. The van der Waals surface area contributed by atoms with Crippen LogP contribution in [0.25, 0.3) is 0 Å². The third-order valence-electron chi connectivity index (χ3n) is 4.09. The molecule has 8 heteroatoms. The van der Waals surface area contributed by atoms with Gasteiger partial charge in [-0.05, 0) is 30.7 Å². The summed E-state index contributed by atoms with van der Waals surface area (Å²) in [6, 6.07) is 14.1. The number of sulfonamides is 1. The van der Waals surface area contributed by atoms with Crippen LogP contribution in [0.4, 0.5) is 5.69 Å². The predicted molar refractivity (Wildman–Crippen MR) is 105 cm³/mol. The largest absolute Gasteiger partial charge is 0.495 e. The maximum atomic E-state index is 12.3. The van der Waals surface area contributed by atoms with Crippen molar-refractivity contribution in [1.82, 2.24) is 9.62 Å². The second-order valence-electron chi connectivity index (χ2n) is 6.21. The summed E-state index contributed by atoms with van der Waals surface area (Å²) in [5, 5.41) is 5.85. The van der Waals surface area contributed by atoms with Gasteiger partial charge < -0.3 is 15.4 Å². The smallest absolute Gasteiger partial charge is 0.242 e. The Bertz CT molecular complexity index is 883. The fourth-order valence-electron chi connectivity index (χ4n) is 2.46. The van der Waals surface area contributed by atoms with Crippen molar-refractivity contribution >= 4 is 21.6 Å². The number of carbonyl (C=O) groups excluding carboxylic acids is 1. The minimum absolute atomic E-state index is 0.000649. The first-order valence-electron chi connectivity index (χ1n) is 8.44. The molecule has 7 nitrogen and oxygen atoms in total. The van der Waals surface area contributed by atoms with E-state index in [0.29, 0.717) is 11.4 Å². The Balaban J connectivity index is 2.10. The summed E-state index contributed by atoms with van der Waals surface area (Å²) in [6.07, 6.45) is 0. The van der Waals surface area contributed by atoms with E-state index in [1.165, 1.54) is 39.4 Å². The zero-order chi connectivity index (χ0) is 20.0. The number of amides is 1. The lowest BCUT2D eigenvalue weighted by Crippen LogP contribution is -2.30. The van der Waals surface area contributed by atoms with Gasteiger partial charge in [0, 0.05) is 20.1 Å². The molecule has 0 saturated heterocycles. The van der Waals surface area contributed by atoms with Crippen molar-refractivity contribution in [3.05, 3.63) is 54.1 Å². The number of hydrogen-bond donors (Lipinski definition) is 2. The molecule has 0 aromatic heterocycles. The predicted octanol–water partition coefficient (Wildman–Crippen LogP) is 2.23. The van der Waals surface area contributed by atoms with Crippen LogP contribution in [0.2, 0.25) is 0 Å². The molecule has 0 aliphatic rings. The molecule has 0 aliphatic heterocycles. The number of nitrogens with one attached hydrogen (secondary N) is 2. The number of rotatable bonds is 8. The zero-order valence-electron chi connectivity index (χ0n) is 15.9. The summed E-state index contributed by atoms with van der Waals surface area (Å²) in [7, 11) is 0.750. The average Bonchev–Trinajstić information content (AvgIpc) is 2.66. The summed E-state index contributed by atoms with van der Waals surface area (Å²) in [5.41, 5.74) is 1.38. The quantitative estimate of drug-likeness (QED) is 0.721. The Labute approximate surface area is 160 Å². The van der Waals surface area contributed by atoms with Crippen LogP contribution in [0.5, 0.6) is 5.75 Å². The van der Waals surface area contributed by atoms with Crippen molar-refractivity contribution in [3.63, 3.8) is 0 Å². The zero-order valence-corrected chi connectivity index (χ0v) is 16.7. The second-order valence-corrected chi connectivity index (χ2v) is 8.36. The van der Waals surface area contributed by atoms with Gasteiger partial charge in [-0.25, -0.2) is 12.7 Å². The number of carbonyl (C=O) groups is 1. The first-order valence-corrected chi connectivity index (χ1v) is 9.88. The molecule has 0 saturated carbocycles. The van der Waals surface area contributed by atoms with Gasteiger partial charge in [-0.1, -0.05) is 30.3 Å². The SMILES string of the molecule is COc1ccc(S(=O)(=O)N(C)C)cc1NC(=O)CN[C@@H](C)c1ccccc1. The van der Waals surface area contributed by atoms with Crippen molar-refractivity contribution in [1.29, 1.82) is 0 Å². The molecule has 0 aliphatic carbocycles. The number of benzene rings is 2. The van der Waals surface area contributed by atoms with E-state index in [1.807, 2.05) is 37.3 Å². The Hall–Kier alpha value is -2.42. The minimum Gasteiger partial charge on any atom is -0.495 e. The van der Waals surface area contributed by atoms with E-state index in [0.717, 1.165) is 9.87 Å². The first-order chi connectivity index (χ1) is 12.8. The number of hydrogen-bond acceptors (Lipinski definition) is 5. The van der Waals surface area contributed by atoms with Crippen molar-refractivity contribution in [2.45, 2.75) is 17.9 Å². The number of ether oxygens (including phenoxy) is 1. The van der Waals surface area contributed by atoms with Crippen LogP contribution in [0.1, 0.15) is 18.5 Å². The van der Waals surface area contributed by atoms with Crippen molar-refractivity contribution in [2.75, 3.05) is 33.1 Å².